The summed E-state index contributed by atoms with van der Waals surface area (Å²) < 4.78 is 0. The van der Waals surface area contributed by atoms with Crippen LogP contribution >= 0.6 is 11.8 Å². The van der Waals surface area contributed by atoms with E-state index in [1.54, 1.807) is 67.8 Å². The molecule has 3 aliphatic heterocycles. The molecule has 19 N–H and O–H groups in total. The van der Waals surface area contributed by atoms with E-state index in [0.29, 0.717) is 75.9 Å². The highest BCUT2D eigenvalue weighted by molar-refractivity contribution is 8.00. The Bertz CT molecular complexity index is 4720. The molecule has 15 atom stereocenters. The fourth-order valence-electron chi connectivity index (χ4n) is 15.5. The molecule has 3 aromatic carbocycles. The highest BCUT2D eigenvalue weighted by Crippen LogP contribution is 2.29. The molecule has 0 radical (unpaired) electrons. The second-order valence-electron chi connectivity index (χ2n) is 31.6. The van der Waals surface area contributed by atoms with Crippen LogP contribution in [0.1, 0.15) is 121 Å². The maximum atomic E-state index is 15.6. The number of aromatic amines is 2. The van der Waals surface area contributed by atoms with Crippen LogP contribution in [0, 0.1) is 5.92 Å². The predicted molar refractivity (Wildman–Crippen MR) is 453 cm³/mol. The van der Waals surface area contributed by atoms with Gasteiger partial charge in [-0.2, -0.15) is 0 Å². The zero-order valence-electron chi connectivity index (χ0n) is 70.9. The molecule has 5 heterocycles. The van der Waals surface area contributed by atoms with Gasteiger partial charge in [-0.1, -0.05) is 95.0 Å². The average molecular weight is 1760 g/mol. The number of hydrogen-bond donors (Lipinski definition) is 18. The van der Waals surface area contributed by atoms with E-state index in [9.17, 15) is 88.2 Å². The van der Waals surface area contributed by atoms with E-state index in [2.05, 4.69) is 57.8 Å². The Morgan fingerprint density at radius 1 is 0.544 bits per heavy atom. The number of rotatable bonds is 21. The number of phenolic OH excluding ortho intramolecular Hbond substituents is 1. The number of unbranched alkanes of at least 4 members (excludes halogenated alkanes) is 2. The normalized spacial score (nSPS) is 25.9. The molecule has 3 fully saturated rings. The number of H-pyrrole nitrogens is 2. The number of aliphatic hydroxyl groups is 4. The molecule has 15 amide bonds. The van der Waals surface area contributed by atoms with Gasteiger partial charge in [0, 0.05) is 106 Å². The number of fused-ring (bicyclic) bond motifs is 4. The Morgan fingerprint density at radius 2 is 1.06 bits per heavy atom. The molecule has 0 aliphatic carbocycles. The van der Waals surface area contributed by atoms with Gasteiger partial charge in [-0.3, -0.25) is 81.5 Å². The molecule has 40 nitrogen and oxygen atoms in total. The number of benzene rings is 3. The van der Waals surface area contributed by atoms with Crippen molar-refractivity contribution < 1.29 is 112 Å². The lowest BCUT2D eigenvalue weighted by Gasteiger charge is -2.36. The SMILES string of the molecule is CCCC[C@H]1C(=O)N(C)[C@@H](CCCC)C(=O)N[C@@H](CO)C(=O)N[C@H](C(=O)NCC(N)=O)CSCC(=O)N[C@@H](Cc2ccc(O)cc2)C(=O)N(C)[C@@H](C)C(=O)N[C@@H](CC(=O)O)C(=O)N2CCC[C@H]2C(=O)N[C@@H](CO)C(=O)N[C@@H](CO)C(=O)N2C[C@H](O)C[C@H]2C(=O)C[C@@H](Cc2c[nH]c3ccccc23)C(=O)N[C@@H](CC)C(=O)N[C@@H](Cc2c[nH]c3ccccc23)C(=O)N1C. The number of ketones is 1. The number of carbonyl (C=O) groups is 17. The molecule has 680 valence electrons. The van der Waals surface area contributed by atoms with Gasteiger partial charge in [0.05, 0.1) is 50.7 Å². The minimum Gasteiger partial charge on any atom is -0.508 e. The third kappa shape index (κ3) is 26.3. The van der Waals surface area contributed by atoms with E-state index in [4.69, 9.17) is 5.73 Å². The van der Waals surface area contributed by atoms with Crippen molar-refractivity contribution in [3.05, 3.63) is 102 Å². The zero-order chi connectivity index (χ0) is 91.6. The van der Waals surface area contributed by atoms with E-state index in [0.717, 1.165) is 31.5 Å². The average Bonchev–Trinajstić information content (AvgIpc) is 1.26. The van der Waals surface area contributed by atoms with Crippen LogP contribution < -0.4 is 53.6 Å². The van der Waals surface area contributed by atoms with Crippen molar-refractivity contribution in [2.45, 2.75) is 209 Å². The van der Waals surface area contributed by atoms with Crippen molar-refractivity contribution >= 4 is 134 Å². The lowest BCUT2D eigenvalue weighted by molar-refractivity contribution is -0.149. The Labute approximate surface area is 725 Å². The molecule has 41 heteroatoms. The van der Waals surface area contributed by atoms with E-state index < -0.39 is 255 Å². The van der Waals surface area contributed by atoms with Gasteiger partial charge in [-0.05, 0) is 86.4 Å². The third-order valence-corrected chi connectivity index (χ3v) is 23.7. The molecule has 3 aliphatic rings. The Morgan fingerprint density at radius 3 is 1.66 bits per heavy atom. The van der Waals surface area contributed by atoms with Gasteiger partial charge in [0.25, 0.3) is 0 Å². The number of carboxylic acid groups (broad SMARTS) is 1. The molecule has 0 spiro atoms. The number of para-hydroxylation sites is 2. The van der Waals surface area contributed by atoms with Crippen LogP contribution in [0.4, 0.5) is 0 Å². The summed E-state index contributed by atoms with van der Waals surface area (Å²) in [6.45, 7) is 1.55. The Kier molecular flexibility index (Phi) is 36.7. The first-order chi connectivity index (χ1) is 59.6. The molecule has 0 unspecified atom stereocenters. The maximum absolute atomic E-state index is 15.6. The number of likely N-dealkylation sites (N-methyl/N-ethyl adjacent to an activating group) is 3. The first-order valence-corrected chi connectivity index (χ1v) is 42.8. The van der Waals surface area contributed by atoms with Crippen molar-refractivity contribution in [3.63, 3.8) is 0 Å². The van der Waals surface area contributed by atoms with Crippen molar-refractivity contribution in [2.75, 3.05) is 72.1 Å². The fourth-order valence-corrected chi connectivity index (χ4v) is 16.3. The van der Waals surface area contributed by atoms with E-state index >= 15 is 24.0 Å². The van der Waals surface area contributed by atoms with Gasteiger partial charge in [0.2, 0.25) is 88.6 Å². The minimum atomic E-state index is -1.93. The monoisotopic (exact) mass is 1760 g/mol. The standard InChI is InChI=1S/C84H115N17O23S/c1-8-11-22-64-78(118)93-61(41-103)77(117)96-63(74(114)88-38-69(85)108)43-125-44-70(109)89-57(30-46-25-27-50(105)28-26-46)80(120)97(5)45(4)72(112)91-59(35-71(110)111)82(122)100-29-17-24-65(100)79(119)94-60(40-102)76(116)95-62(42-104)83(123)101-39-51(106)34-67(101)68(107)33-47(31-48-36-86-55-20-15-13-18-52(48)55)73(113)90-54(10-3)75(115)92-58(32-49-37-87-56-21-16-14-19-53(49)56)81(121)99(7)66(23-12-9-2)84(124)98(64)6/h13-16,18-21,25-28,36-37,45,47,51,54,57-67,86-87,102-106H,8-12,17,22-24,29-35,38-44H2,1-7H3,(H2,85,108)(H,88,114)(H,89,109)(H,90,113)(H,91,112)(H,92,115)(H,93,118)(H,94,119)(H,95,116)(H,96,117)(H,110,111)/t45-,47+,51+,54-,57-,58-,59-,60-,61-,62-,63-,64-,65-,66-,67-/m0/s1. The van der Waals surface area contributed by atoms with Crippen LogP contribution in [-0.2, 0) is 101 Å². The molecule has 0 saturated carbocycles. The number of carboxylic acids is 1. The van der Waals surface area contributed by atoms with Gasteiger partial charge in [-0.25, -0.2) is 0 Å². The van der Waals surface area contributed by atoms with Crippen molar-refractivity contribution in [2.24, 2.45) is 11.7 Å². The summed E-state index contributed by atoms with van der Waals surface area (Å²) in [5.41, 5.74) is 8.16. The second-order valence-corrected chi connectivity index (χ2v) is 32.6. The number of nitrogens with two attached hydrogens (primary N) is 1. The third-order valence-electron chi connectivity index (χ3n) is 22.7. The molecular formula is C84H115N17O23S. The molecule has 3 saturated heterocycles. The lowest BCUT2D eigenvalue weighted by atomic mass is 9.90. The lowest BCUT2D eigenvalue weighted by Crippen LogP contribution is -2.61. The van der Waals surface area contributed by atoms with Gasteiger partial charge in [-0.15, -0.1) is 11.8 Å². The molecule has 2 aromatic heterocycles. The molecule has 125 heavy (non-hydrogen) atoms. The quantitative estimate of drug-likeness (QED) is 0.0346. The van der Waals surface area contributed by atoms with Crippen LogP contribution in [-0.4, -0.2) is 322 Å². The van der Waals surface area contributed by atoms with E-state index in [1.807, 2.05) is 13.8 Å². The number of aliphatic hydroxyl groups excluding tert-OH is 4. The van der Waals surface area contributed by atoms with Crippen molar-refractivity contribution in [3.8, 4) is 5.75 Å². The number of amides is 15. The van der Waals surface area contributed by atoms with Gasteiger partial charge >= 0.3 is 5.97 Å². The first kappa shape index (κ1) is 98.4. The maximum Gasteiger partial charge on any atom is 0.305 e. The number of primary amides is 1. The first-order valence-electron chi connectivity index (χ1n) is 41.7. The summed E-state index contributed by atoms with van der Waals surface area (Å²) in [4.78, 5) is 256. The van der Waals surface area contributed by atoms with E-state index in [-0.39, 0.29) is 63.7 Å². The molecule has 5 aromatic rings. The van der Waals surface area contributed by atoms with Gasteiger partial charge in [0.15, 0.2) is 5.78 Å². The number of carbonyl (C=O) groups excluding carboxylic acids is 16. The summed E-state index contributed by atoms with van der Waals surface area (Å²) in [5.74, 6) is -19.9. The van der Waals surface area contributed by atoms with Crippen molar-refractivity contribution in [1.82, 2.24) is 82.3 Å². The van der Waals surface area contributed by atoms with Crippen LogP contribution in [0.2, 0.25) is 0 Å². The molecular weight excluding hydrogens is 1650 g/mol. The zero-order valence-corrected chi connectivity index (χ0v) is 71.7. The summed E-state index contributed by atoms with van der Waals surface area (Å²) in [7, 11) is 3.83. The second kappa shape index (κ2) is 46.6. The fraction of sp³-hybridized carbons (Fsp3) is 0.536. The number of aromatic hydroxyl groups is 1. The van der Waals surface area contributed by atoms with Crippen molar-refractivity contribution in [1.29, 1.82) is 0 Å². The highest BCUT2D eigenvalue weighted by Gasteiger charge is 2.46. The van der Waals surface area contributed by atoms with Crippen LogP contribution in [0.5, 0.6) is 5.75 Å². The number of nitrogens with zero attached hydrogens (tertiary/aromatic N) is 5. The number of aliphatic carboxylic acids is 1. The smallest absolute Gasteiger partial charge is 0.305 e. The summed E-state index contributed by atoms with van der Waals surface area (Å²) in [6, 6.07) is -1.48. The van der Waals surface area contributed by atoms with E-state index in [1.165, 1.54) is 45.3 Å². The highest BCUT2D eigenvalue weighted by atomic mass is 32.2. The largest absolute Gasteiger partial charge is 0.508 e. The minimum absolute atomic E-state index is 0.0113. The number of thioether (sulfide) groups is 1. The Hall–Kier alpha value is -12.1. The van der Waals surface area contributed by atoms with Gasteiger partial charge < -0.3 is 119 Å². The number of aromatic nitrogens is 2. The summed E-state index contributed by atoms with van der Waals surface area (Å²) >= 11 is 0.714. The molecule has 0 bridgehead atoms. The van der Waals surface area contributed by atoms with Crippen LogP contribution in [0.15, 0.2) is 85.2 Å². The van der Waals surface area contributed by atoms with Crippen LogP contribution in [0.3, 0.4) is 0 Å². The van der Waals surface area contributed by atoms with Gasteiger partial charge in [0.1, 0.15) is 78.3 Å². The number of hydrogen-bond acceptors (Lipinski definition) is 23. The number of phenols is 1. The number of nitrogens with one attached hydrogen (secondary N) is 11. The van der Waals surface area contributed by atoms with Crippen LogP contribution in [0.25, 0.3) is 21.8 Å². The Balaban J connectivity index is 1.15. The summed E-state index contributed by atoms with van der Waals surface area (Å²) in [6.07, 6.45) is 0.616. The topological polar surface area (TPSA) is 594 Å². The molecule has 8 rings (SSSR count). The number of Topliss-reactive ketones (excluding diaryl/α,β-unsaturated/α-hetero) is 1. The predicted octanol–water partition coefficient (Wildman–Crippen LogP) is -3.12. The summed E-state index contributed by atoms with van der Waals surface area (Å²) in [5, 5.41) is 87.4.